The number of amides is 1. The number of hydrogen-bond acceptors (Lipinski definition) is 4. The number of hydrazone groups is 1. The van der Waals surface area contributed by atoms with Crippen molar-refractivity contribution < 1.29 is 4.79 Å². The second kappa shape index (κ2) is 8.53. The van der Waals surface area contributed by atoms with E-state index in [1.807, 2.05) is 61.5 Å². The minimum Gasteiger partial charge on any atom is -0.267 e. The molecule has 0 radical (unpaired) electrons. The molecule has 4 aromatic rings. The molecule has 30 heavy (non-hydrogen) atoms. The Balaban J connectivity index is 1.67. The van der Waals surface area contributed by atoms with Crippen LogP contribution < -0.4 is 11.0 Å². The topological polar surface area (TPSA) is 76.3 Å². The predicted molar refractivity (Wildman–Crippen MR) is 118 cm³/mol. The van der Waals surface area contributed by atoms with Gasteiger partial charge in [0, 0.05) is 5.39 Å². The third-order valence-corrected chi connectivity index (χ3v) is 4.68. The van der Waals surface area contributed by atoms with E-state index in [1.54, 1.807) is 30.5 Å². The van der Waals surface area contributed by atoms with Gasteiger partial charge in [-0.05, 0) is 24.1 Å². The number of rotatable bonds is 5. The van der Waals surface area contributed by atoms with E-state index in [1.165, 1.54) is 4.68 Å². The standard InChI is InChI=1S/C24H20N4O2/c1-17-8-7-11-19(14-17)15-25-26-23(29)22-20-12-5-6-13-21(20)24(30)28(27-22)16-18-9-3-2-4-10-18/h2-15H,16H2,1H3,(H,26,29). The third-order valence-electron chi connectivity index (χ3n) is 4.68. The highest BCUT2D eigenvalue weighted by Gasteiger charge is 2.16. The highest BCUT2D eigenvalue weighted by Crippen LogP contribution is 2.14. The molecule has 1 N–H and O–H groups in total. The number of nitrogens with zero attached hydrogens (tertiary/aromatic N) is 3. The number of aryl methyl sites for hydroxylation is 1. The Labute approximate surface area is 173 Å². The fraction of sp³-hybridized carbons (Fsp3) is 0.0833. The molecule has 3 aromatic carbocycles. The number of carbonyl (C=O) groups is 1. The molecule has 0 aliphatic rings. The van der Waals surface area contributed by atoms with Gasteiger partial charge < -0.3 is 0 Å². The molecule has 6 nitrogen and oxygen atoms in total. The molecule has 0 saturated carbocycles. The average Bonchev–Trinajstić information content (AvgIpc) is 2.76. The van der Waals surface area contributed by atoms with Gasteiger partial charge in [0.05, 0.1) is 18.1 Å². The monoisotopic (exact) mass is 396 g/mol. The molecule has 0 aliphatic heterocycles. The second-order valence-corrected chi connectivity index (χ2v) is 6.96. The minimum absolute atomic E-state index is 0.155. The largest absolute Gasteiger partial charge is 0.292 e. The maximum absolute atomic E-state index is 12.9. The molecular formula is C24H20N4O2. The third kappa shape index (κ3) is 4.17. The van der Waals surface area contributed by atoms with Gasteiger partial charge in [0.15, 0.2) is 5.69 Å². The van der Waals surface area contributed by atoms with Crippen LogP contribution in [0, 0.1) is 6.92 Å². The first-order valence-corrected chi connectivity index (χ1v) is 9.56. The number of fused-ring (bicyclic) bond motifs is 1. The lowest BCUT2D eigenvalue weighted by Crippen LogP contribution is -2.29. The van der Waals surface area contributed by atoms with Crippen LogP contribution in [0.1, 0.15) is 27.2 Å². The van der Waals surface area contributed by atoms with E-state index >= 15 is 0 Å². The summed E-state index contributed by atoms with van der Waals surface area (Å²) >= 11 is 0. The number of aromatic nitrogens is 2. The van der Waals surface area contributed by atoms with Gasteiger partial charge in [0.25, 0.3) is 11.5 Å². The number of hydrogen-bond donors (Lipinski definition) is 1. The summed E-state index contributed by atoms with van der Waals surface area (Å²) < 4.78 is 1.32. The fourth-order valence-corrected chi connectivity index (χ4v) is 3.24. The zero-order chi connectivity index (χ0) is 20.9. The van der Waals surface area contributed by atoms with Crippen LogP contribution in [0.2, 0.25) is 0 Å². The Morgan fingerprint density at radius 2 is 1.73 bits per heavy atom. The molecule has 0 aliphatic carbocycles. The van der Waals surface area contributed by atoms with Crippen LogP contribution >= 0.6 is 0 Å². The summed E-state index contributed by atoms with van der Waals surface area (Å²) in [6.07, 6.45) is 1.58. The van der Waals surface area contributed by atoms with Gasteiger partial charge >= 0.3 is 0 Å². The van der Waals surface area contributed by atoms with E-state index in [9.17, 15) is 9.59 Å². The van der Waals surface area contributed by atoms with Crippen molar-refractivity contribution in [3.8, 4) is 0 Å². The summed E-state index contributed by atoms with van der Waals surface area (Å²) in [5, 5.41) is 9.34. The lowest BCUT2D eigenvalue weighted by atomic mass is 10.1. The van der Waals surface area contributed by atoms with Crippen LogP contribution in [0.25, 0.3) is 10.8 Å². The van der Waals surface area contributed by atoms with E-state index in [-0.39, 0.29) is 17.8 Å². The molecule has 0 bridgehead atoms. The van der Waals surface area contributed by atoms with E-state index in [0.717, 1.165) is 16.7 Å². The maximum atomic E-state index is 12.9. The van der Waals surface area contributed by atoms with Gasteiger partial charge in [-0.1, -0.05) is 78.4 Å². The summed E-state index contributed by atoms with van der Waals surface area (Å²) in [6.45, 7) is 2.26. The summed E-state index contributed by atoms with van der Waals surface area (Å²) in [4.78, 5) is 25.7. The van der Waals surface area contributed by atoms with E-state index in [4.69, 9.17) is 0 Å². The summed E-state index contributed by atoms with van der Waals surface area (Å²) in [5.74, 6) is -0.475. The van der Waals surface area contributed by atoms with Gasteiger partial charge in [-0.2, -0.15) is 10.2 Å². The molecule has 0 fully saturated rings. The second-order valence-electron chi connectivity index (χ2n) is 6.96. The fourth-order valence-electron chi connectivity index (χ4n) is 3.24. The molecule has 1 aromatic heterocycles. The first-order chi connectivity index (χ1) is 14.6. The van der Waals surface area contributed by atoms with E-state index in [2.05, 4.69) is 15.6 Å². The molecule has 4 rings (SSSR count). The number of carbonyl (C=O) groups excluding carboxylic acids is 1. The highest BCUT2D eigenvalue weighted by atomic mass is 16.2. The van der Waals surface area contributed by atoms with E-state index < -0.39 is 5.91 Å². The Bertz CT molecular complexity index is 1290. The quantitative estimate of drug-likeness (QED) is 0.414. The van der Waals surface area contributed by atoms with Crippen molar-refractivity contribution >= 4 is 22.9 Å². The molecular weight excluding hydrogens is 376 g/mol. The molecule has 0 saturated heterocycles. The Morgan fingerprint density at radius 1 is 1.00 bits per heavy atom. The van der Waals surface area contributed by atoms with Gasteiger partial charge in [0.2, 0.25) is 0 Å². The van der Waals surface area contributed by atoms with Gasteiger partial charge in [0.1, 0.15) is 0 Å². The van der Waals surface area contributed by atoms with Crippen molar-refractivity contribution in [2.24, 2.45) is 5.10 Å². The zero-order valence-corrected chi connectivity index (χ0v) is 16.4. The zero-order valence-electron chi connectivity index (χ0n) is 16.4. The molecule has 1 amide bonds. The molecule has 148 valence electrons. The summed E-state index contributed by atoms with van der Waals surface area (Å²) in [6, 6.07) is 24.3. The Hall–Kier alpha value is -4.06. The lowest BCUT2D eigenvalue weighted by Gasteiger charge is -2.10. The molecule has 6 heteroatoms. The number of benzene rings is 3. The van der Waals surface area contributed by atoms with Crippen LogP contribution in [0.5, 0.6) is 0 Å². The van der Waals surface area contributed by atoms with Crippen LogP contribution in [0.4, 0.5) is 0 Å². The Kier molecular flexibility index (Phi) is 5.48. The van der Waals surface area contributed by atoms with Crippen LogP contribution in [0.3, 0.4) is 0 Å². The van der Waals surface area contributed by atoms with Crippen molar-refractivity contribution in [2.45, 2.75) is 13.5 Å². The molecule has 0 unspecified atom stereocenters. The summed E-state index contributed by atoms with van der Waals surface area (Å²) in [7, 11) is 0. The molecule has 0 atom stereocenters. The SMILES string of the molecule is Cc1cccc(C=NNC(=O)c2nn(Cc3ccccc3)c(=O)c3ccccc23)c1. The smallest absolute Gasteiger partial charge is 0.267 e. The van der Waals surface area contributed by atoms with Crippen molar-refractivity contribution in [2.75, 3.05) is 0 Å². The van der Waals surface area contributed by atoms with Crippen molar-refractivity contribution in [3.63, 3.8) is 0 Å². The normalized spacial score (nSPS) is 11.1. The molecule has 0 spiro atoms. The predicted octanol–water partition coefficient (Wildman–Crippen LogP) is 3.52. The first kappa shape index (κ1) is 19.3. The lowest BCUT2D eigenvalue weighted by molar-refractivity contribution is 0.0949. The number of nitrogens with one attached hydrogen (secondary N) is 1. The van der Waals surface area contributed by atoms with E-state index in [0.29, 0.717) is 10.8 Å². The van der Waals surface area contributed by atoms with Crippen molar-refractivity contribution in [1.82, 2.24) is 15.2 Å². The van der Waals surface area contributed by atoms with Gasteiger partial charge in [-0.3, -0.25) is 9.59 Å². The van der Waals surface area contributed by atoms with Crippen LogP contribution in [-0.4, -0.2) is 21.9 Å². The Morgan fingerprint density at radius 3 is 2.50 bits per heavy atom. The first-order valence-electron chi connectivity index (χ1n) is 9.56. The highest BCUT2D eigenvalue weighted by molar-refractivity contribution is 6.04. The van der Waals surface area contributed by atoms with Crippen molar-refractivity contribution in [1.29, 1.82) is 0 Å². The van der Waals surface area contributed by atoms with Crippen molar-refractivity contribution in [3.05, 3.63) is 112 Å². The van der Waals surface area contributed by atoms with Crippen LogP contribution in [0.15, 0.2) is 88.8 Å². The summed E-state index contributed by atoms with van der Waals surface area (Å²) in [5.41, 5.74) is 5.34. The van der Waals surface area contributed by atoms with Gasteiger partial charge in [-0.25, -0.2) is 10.1 Å². The van der Waals surface area contributed by atoms with Crippen LogP contribution in [-0.2, 0) is 6.54 Å². The van der Waals surface area contributed by atoms with Gasteiger partial charge in [-0.15, -0.1) is 0 Å². The minimum atomic E-state index is -0.475. The average molecular weight is 396 g/mol. The maximum Gasteiger partial charge on any atom is 0.292 e. The molecule has 1 heterocycles.